The maximum absolute atomic E-state index is 6.41. The third-order valence-corrected chi connectivity index (χ3v) is 4.59. The smallest absolute Gasteiger partial charge is 0.0502 e. The summed E-state index contributed by atoms with van der Waals surface area (Å²) < 4.78 is 0. The minimum Gasteiger partial charge on any atom is -0.326 e. The van der Waals surface area contributed by atoms with Crippen LogP contribution in [0, 0.1) is 0 Å². The SMILES string of the molecule is CCC(N)C(c1ccc(Cl)cc1)N1CCCC1CC. The predicted octanol–water partition coefficient (Wildman–Crippen LogP) is 3.99. The molecule has 1 fully saturated rings. The zero-order valence-corrected chi connectivity index (χ0v) is 12.7. The van der Waals surface area contributed by atoms with E-state index in [9.17, 15) is 0 Å². The fourth-order valence-electron chi connectivity index (χ4n) is 3.23. The van der Waals surface area contributed by atoms with Gasteiger partial charge in [0.05, 0.1) is 6.04 Å². The van der Waals surface area contributed by atoms with Crippen LogP contribution in [0.1, 0.15) is 51.1 Å². The average molecular weight is 281 g/mol. The molecule has 0 amide bonds. The molecule has 1 heterocycles. The van der Waals surface area contributed by atoms with Crippen LogP contribution in [-0.4, -0.2) is 23.5 Å². The van der Waals surface area contributed by atoms with Crippen LogP contribution in [0.15, 0.2) is 24.3 Å². The maximum atomic E-state index is 6.41. The Kier molecular flexibility index (Phi) is 5.26. The second-order valence-corrected chi connectivity index (χ2v) is 5.95. The predicted molar refractivity (Wildman–Crippen MR) is 82.5 cm³/mol. The van der Waals surface area contributed by atoms with E-state index in [-0.39, 0.29) is 6.04 Å². The molecule has 1 aliphatic rings. The Morgan fingerprint density at radius 2 is 2.00 bits per heavy atom. The minimum atomic E-state index is 0.188. The van der Waals surface area contributed by atoms with Crippen LogP contribution in [0.5, 0.6) is 0 Å². The molecule has 1 saturated heterocycles. The van der Waals surface area contributed by atoms with Gasteiger partial charge in [-0.2, -0.15) is 0 Å². The third kappa shape index (κ3) is 3.31. The van der Waals surface area contributed by atoms with Crippen LogP contribution in [0.4, 0.5) is 0 Å². The highest BCUT2D eigenvalue weighted by molar-refractivity contribution is 6.30. The summed E-state index contributed by atoms with van der Waals surface area (Å²) in [7, 11) is 0. The highest BCUT2D eigenvalue weighted by Crippen LogP contribution is 2.33. The molecule has 1 aliphatic heterocycles. The number of nitrogens with zero attached hydrogens (tertiary/aromatic N) is 1. The van der Waals surface area contributed by atoms with Gasteiger partial charge in [0.1, 0.15) is 0 Å². The van der Waals surface area contributed by atoms with Crippen LogP contribution < -0.4 is 5.73 Å². The normalized spacial score (nSPS) is 23.5. The van der Waals surface area contributed by atoms with E-state index in [4.69, 9.17) is 17.3 Å². The van der Waals surface area contributed by atoms with Gasteiger partial charge in [0.25, 0.3) is 0 Å². The fraction of sp³-hybridized carbons (Fsp3) is 0.625. The Labute approximate surface area is 121 Å². The zero-order chi connectivity index (χ0) is 13.8. The number of likely N-dealkylation sites (tertiary alicyclic amines) is 1. The Morgan fingerprint density at radius 1 is 1.32 bits per heavy atom. The summed E-state index contributed by atoms with van der Waals surface area (Å²) in [6, 6.07) is 9.41. The van der Waals surface area contributed by atoms with Gasteiger partial charge in [-0.15, -0.1) is 0 Å². The number of nitrogens with two attached hydrogens (primary N) is 1. The molecule has 3 heteroatoms. The Morgan fingerprint density at radius 3 is 2.58 bits per heavy atom. The molecule has 2 N–H and O–H groups in total. The lowest BCUT2D eigenvalue weighted by Crippen LogP contribution is -2.43. The van der Waals surface area contributed by atoms with E-state index in [0.29, 0.717) is 12.1 Å². The van der Waals surface area contributed by atoms with Crippen molar-refractivity contribution in [3.05, 3.63) is 34.9 Å². The minimum absolute atomic E-state index is 0.188. The number of halogens is 1. The Balaban J connectivity index is 2.27. The van der Waals surface area contributed by atoms with Gasteiger partial charge in [0.15, 0.2) is 0 Å². The van der Waals surface area contributed by atoms with E-state index in [0.717, 1.165) is 11.4 Å². The van der Waals surface area contributed by atoms with E-state index < -0.39 is 0 Å². The summed E-state index contributed by atoms with van der Waals surface area (Å²) in [5.74, 6) is 0. The summed E-state index contributed by atoms with van der Waals surface area (Å²) in [4.78, 5) is 2.61. The van der Waals surface area contributed by atoms with E-state index >= 15 is 0 Å². The second-order valence-electron chi connectivity index (χ2n) is 5.51. The molecule has 2 rings (SSSR count). The van der Waals surface area contributed by atoms with Crippen molar-refractivity contribution >= 4 is 11.6 Å². The standard InChI is InChI=1S/C16H25ClN2/c1-3-14-6-5-11-19(14)16(15(18)4-2)12-7-9-13(17)10-8-12/h7-10,14-16H,3-6,11,18H2,1-2H3. The number of benzene rings is 1. The van der Waals surface area contributed by atoms with Crippen molar-refractivity contribution in [1.82, 2.24) is 4.90 Å². The lowest BCUT2D eigenvalue weighted by atomic mass is 9.95. The highest BCUT2D eigenvalue weighted by atomic mass is 35.5. The van der Waals surface area contributed by atoms with Crippen LogP contribution in [0.3, 0.4) is 0 Å². The second kappa shape index (κ2) is 6.74. The first-order chi connectivity index (χ1) is 9.17. The van der Waals surface area contributed by atoms with E-state index in [1.165, 1.54) is 31.4 Å². The summed E-state index contributed by atoms with van der Waals surface area (Å²) in [5, 5.41) is 0.793. The maximum Gasteiger partial charge on any atom is 0.0502 e. The van der Waals surface area contributed by atoms with Gasteiger partial charge >= 0.3 is 0 Å². The van der Waals surface area contributed by atoms with Gasteiger partial charge in [-0.05, 0) is 49.9 Å². The third-order valence-electron chi connectivity index (χ3n) is 4.34. The number of hydrogen-bond donors (Lipinski definition) is 1. The Bertz CT molecular complexity index is 390. The topological polar surface area (TPSA) is 29.3 Å². The van der Waals surface area contributed by atoms with Crippen LogP contribution >= 0.6 is 11.6 Å². The largest absolute Gasteiger partial charge is 0.326 e. The van der Waals surface area contributed by atoms with E-state index in [1.807, 2.05) is 12.1 Å². The van der Waals surface area contributed by atoms with E-state index in [1.54, 1.807) is 0 Å². The Hall–Kier alpha value is -0.570. The molecule has 0 saturated carbocycles. The monoisotopic (exact) mass is 280 g/mol. The molecule has 0 aliphatic carbocycles. The van der Waals surface area contributed by atoms with Crippen molar-refractivity contribution in [1.29, 1.82) is 0 Å². The van der Waals surface area contributed by atoms with Gasteiger partial charge < -0.3 is 5.73 Å². The molecule has 1 aromatic carbocycles. The van der Waals surface area contributed by atoms with Crippen LogP contribution in [0.25, 0.3) is 0 Å². The molecule has 0 bridgehead atoms. The fourth-order valence-corrected chi connectivity index (χ4v) is 3.36. The van der Waals surface area contributed by atoms with Gasteiger partial charge in [-0.3, -0.25) is 4.90 Å². The van der Waals surface area contributed by atoms with Gasteiger partial charge in [-0.1, -0.05) is 37.6 Å². The number of rotatable bonds is 5. The van der Waals surface area contributed by atoms with Gasteiger partial charge in [0.2, 0.25) is 0 Å². The molecule has 3 atom stereocenters. The highest BCUT2D eigenvalue weighted by Gasteiger charge is 2.33. The van der Waals surface area contributed by atoms with Crippen LogP contribution in [-0.2, 0) is 0 Å². The molecule has 0 spiro atoms. The van der Waals surface area contributed by atoms with Crippen molar-refractivity contribution in [3.63, 3.8) is 0 Å². The molecule has 0 aromatic heterocycles. The first-order valence-corrected chi connectivity index (χ1v) is 7.82. The molecule has 19 heavy (non-hydrogen) atoms. The van der Waals surface area contributed by atoms with Crippen molar-refractivity contribution < 1.29 is 0 Å². The van der Waals surface area contributed by atoms with Crippen molar-refractivity contribution in [2.75, 3.05) is 6.54 Å². The summed E-state index contributed by atoms with van der Waals surface area (Å²) >= 11 is 6.00. The molecule has 2 nitrogen and oxygen atoms in total. The summed E-state index contributed by atoms with van der Waals surface area (Å²) in [6.07, 6.45) is 4.80. The van der Waals surface area contributed by atoms with Crippen LogP contribution in [0.2, 0.25) is 5.02 Å². The van der Waals surface area contributed by atoms with Gasteiger partial charge in [0, 0.05) is 17.1 Å². The molecular weight excluding hydrogens is 256 g/mol. The molecule has 1 aromatic rings. The zero-order valence-electron chi connectivity index (χ0n) is 12.0. The lowest BCUT2D eigenvalue weighted by molar-refractivity contribution is 0.150. The lowest BCUT2D eigenvalue weighted by Gasteiger charge is -2.36. The quantitative estimate of drug-likeness (QED) is 0.883. The summed E-state index contributed by atoms with van der Waals surface area (Å²) in [6.45, 7) is 5.61. The average Bonchev–Trinajstić information content (AvgIpc) is 2.89. The molecular formula is C16H25ClN2. The molecule has 106 valence electrons. The number of hydrogen-bond acceptors (Lipinski definition) is 2. The first-order valence-electron chi connectivity index (χ1n) is 7.44. The van der Waals surface area contributed by atoms with Gasteiger partial charge in [-0.25, -0.2) is 0 Å². The van der Waals surface area contributed by atoms with Crippen molar-refractivity contribution in [3.8, 4) is 0 Å². The molecule has 0 radical (unpaired) electrons. The molecule has 3 unspecified atom stereocenters. The summed E-state index contributed by atoms with van der Waals surface area (Å²) in [5.41, 5.74) is 7.71. The first kappa shape index (κ1) is 14.8. The van der Waals surface area contributed by atoms with Crippen molar-refractivity contribution in [2.24, 2.45) is 5.73 Å². The van der Waals surface area contributed by atoms with Crippen molar-refractivity contribution in [2.45, 2.75) is 57.7 Å². The van der Waals surface area contributed by atoms with E-state index in [2.05, 4.69) is 30.9 Å².